The summed E-state index contributed by atoms with van der Waals surface area (Å²) in [7, 11) is 0. The molecule has 2 N–H and O–H groups in total. The second kappa shape index (κ2) is 6.84. The van der Waals surface area contributed by atoms with Crippen molar-refractivity contribution in [1.82, 2.24) is 9.55 Å². The van der Waals surface area contributed by atoms with E-state index >= 15 is 0 Å². The van der Waals surface area contributed by atoms with Crippen molar-refractivity contribution in [3.05, 3.63) is 69.2 Å². The predicted octanol–water partition coefficient (Wildman–Crippen LogP) is 2.07. The van der Waals surface area contributed by atoms with Crippen LogP contribution in [-0.2, 0) is 11.3 Å². The van der Waals surface area contributed by atoms with Crippen molar-refractivity contribution in [2.45, 2.75) is 6.54 Å². The Labute approximate surface area is 146 Å². The van der Waals surface area contributed by atoms with Crippen LogP contribution in [0.3, 0.4) is 0 Å². The zero-order chi connectivity index (χ0) is 17.1. The average Bonchev–Trinajstić information content (AvgIpc) is 2.56. The minimum absolute atomic E-state index is 0.121. The van der Waals surface area contributed by atoms with Crippen LogP contribution in [0, 0.1) is 0 Å². The number of benzene rings is 2. The third-order valence-corrected chi connectivity index (χ3v) is 3.91. The fraction of sp³-hybridized carbons (Fsp3) is 0.118. The van der Waals surface area contributed by atoms with E-state index in [0.717, 1.165) is 10.0 Å². The number of carbonyl (C=O) groups excluding carboxylic acids is 1. The van der Waals surface area contributed by atoms with Crippen molar-refractivity contribution in [2.75, 3.05) is 6.61 Å². The van der Waals surface area contributed by atoms with Gasteiger partial charge in [0.2, 0.25) is 0 Å². The summed E-state index contributed by atoms with van der Waals surface area (Å²) in [5, 5.41) is 0.549. The summed E-state index contributed by atoms with van der Waals surface area (Å²) in [5.74, 6) is -0.0169. The Morgan fingerprint density at radius 2 is 2.08 bits per heavy atom. The summed E-state index contributed by atoms with van der Waals surface area (Å²) < 4.78 is 7.64. The summed E-state index contributed by atoms with van der Waals surface area (Å²) in [6, 6.07) is 12.6. The van der Waals surface area contributed by atoms with Crippen LogP contribution in [0.4, 0.5) is 0 Å². The molecule has 6 nitrogen and oxygen atoms in total. The molecule has 1 heterocycles. The minimum Gasteiger partial charge on any atom is -0.484 e. The predicted molar refractivity (Wildman–Crippen MR) is 93.9 cm³/mol. The number of hydrogen-bond donors (Lipinski definition) is 1. The molecule has 7 heteroatoms. The average molecular weight is 388 g/mol. The highest BCUT2D eigenvalue weighted by molar-refractivity contribution is 9.10. The van der Waals surface area contributed by atoms with Gasteiger partial charge in [0.15, 0.2) is 6.61 Å². The second-order valence-corrected chi connectivity index (χ2v) is 6.16. The minimum atomic E-state index is -0.541. The monoisotopic (exact) mass is 387 g/mol. The fourth-order valence-electron chi connectivity index (χ4n) is 2.33. The summed E-state index contributed by atoms with van der Waals surface area (Å²) in [6.07, 6.45) is 1.52. The third kappa shape index (κ3) is 3.62. The van der Waals surface area contributed by atoms with Gasteiger partial charge in [-0.25, -0.2) is 4.98 Å². The van der Waals surface area contributed by atoms with Gasteiger partial charge in [-0.15, -0.1) is 0 Å². The first-order valence-corrected chi connectivity index (χ1v) is 7.97. The lowest BCUT2D eigenvalue weighted by Crippen LogP contribution is -2.21. The van der Waals surface area contributed by atoms with Crippen LogP contribution in [0.1, 0.15) is 5.56 Å². The molecular formula is C17H14BrN3O3. The Balaban J connectivity index is 1.90. The molecule has 0 fully saturated rings. The summed E-state index contributed by atoms with van der Waals surface area (Å²) in [5.41, 5.74) is 6.45. The van der Waals surface area contributed by atoms with Gasteiger partial charge in [-0.2, -0.15) is 0 Å². The number of nitrogens with zero attached hydrogens (tertiary/aromatic N) is 2. The molecule has 1 amide bonds. The second-order valence-electron chi connectivity index (χ2n) is 5.24. The molecule has 0 saturated heterocycles. The van der Waals surface area contributed by atoms with Gasteiger partial charge in [0, 0.05) is 4.47 Å². The zero-order valence-corrected chi connectivity index (χ0v) is 14.2. The van der Waals surface area contributed by atoms with Crippen LogP contribution in [0.5, 0.6) is 5.75 Å². The van der Waals surface area contributed by atoms with E-state index in [1.165, 1.54) is 10.9 Å². The maximum Gasteiger partial charge on any atom is 0.261 e. The van der Waals surface area contributed by atoms with Gasteiger partial charge >= 0.3 is 0 Å². The topological polar surface area (TPSA) is 87.2 Å². The lowest BCUT2D eigenvalue weighted by Gasteiger charge is -2.09. The Hall–Kier alpha value is -2.67. The van der Waals surface area contributed by atoms with Crippen LogP contribution in [0.15, 0.2) is 58.1 Å². The molecule has 0 unspecified atom stereocenters. The van der Waals surface area contributed by atoms with Crippen LogP contribution in [0.25, 0.3) is 10.9 Å². The number of amides is 1. The summed E-state index contributed by atoms with van der Waals surface area (Å²) >= 11 is 3.37. The number of aromatic nitrogens is 2. The van der Waals surface area contributed by atoms with Crippen LogP contribution in [-0.4, -0.2) is 22.1 Å². The van der Waals surface area contributed by atoms with Crippen molar-refractivity contribution in [3.63, 3.8) is 0 Å². The van der Waals surface area contributed by atoms with Gasteiger partial charge in [-0.1, -0.05) is 28.1 Å². The molecule has 24 heavy (non-hydrogen) atoms. The quantitative estimate of drug-likeness (QED) is 0.725. The molecule has 0 aliphatic rings. The maximum atomic E-state index is 12.6. The molecule has 0 spiro atoms. The molecule has 0 saturated carbocycles. The van der Waals surface area contributed by atoms with Crippen LogP contribution in [0.2, 0.25) is 0 Å². The molecular weight excluding hydrogens is 374 g/mol. The molecule has 122 valence electrons. The molecule has 3 aromatic rings. The van der Waals surface area contributed by atoms with Crippen molar-refractivity contribution in [2.24, 2.45) is 5.73 Å². The highest BCUT2D eigenvalue weighted by atomic mass is 79.9. The molecule has 2 aromatic carbocycles. The fourth-order valence-corrected chi connectivity index (χ4v) is 2.69. The van der Waals surface area contributed by atoms with Crippen molar-refractivity contribution < 1.29 is 9.53 Å². The normalized spacial score (nSPS) is 10.7. The van der Waals surface area contributed by atoms with E-state index in [9.17, 15) is 9.59 Å². The zero-order valence-electron chi connectivity index (χ0n) is 12.6. The van der Waals surface area contributed by atoms with Gasteiger partial charge in [0.1, 0.15) is 5.75 Å². The van der Waals surface area contributed by atoms with Crippen LogP contribution >= 0.6 is 15.9 Å². The first-order chi connectivity index (χ1) is 11.5. The Kier molecular flexibility index (Phi) is 4.61. The Morgan fingerprint density at radius 3 is 2.88 bits per heavy atom. The highest BCUT2D eigenvalue weighted by Crippen LogP contribution is 2.16. The number of nitrogens with two attached hydrogens (primary N) is 1. The van der Waals surface area contributed by atoms with E-state index in [1.54, 1.807) is 30.3 Å². The molecule has 0 radical (unpaired) electrons. The van der Waals surface area contributed by atoms with Gasteiger partial charge in [0.05, 0.1) is 23.8 Å². The van der Waals surface area contributed by atoms with Crippen LogP contribution < -0.4 is 16.0 Å². The van der Waals surface area contributed by atoms with Gasteiger partial charge in [-0.3, -0.25) is 14.2 Å². The summed E-state index contributed by atoms with van der Waals surface area (Å²) in [4.78, 5) is 27.7. The number of hydrogen-bond acceptors (Lipinski definition) is 4. The highest BCUT2D eigenvalue weighted by Gasteiger charge is 2.06. The largest absolute Gasteiger partial charge is 0.484 e. The Morgan fingerprint density at radius 1 is 1.25 bits per heavy atom. The molecule has 0 atom stereocenters. The van der Waals surface area contributed by atoms with Crippen molar-refractivity contribution >= 4 is 32.7 Å². The SMILES string of the molecule is NC(=O)COc1cccc(Cn2cnc3ccc(Br)cc3c2=O)c1. The van der Waals surface area contributed by atoms with Crippen molar-refractivity contribution in [3.8, 4) is 5.75 Å². The van der Waals surface area contributed by atoms with E-state index in [1.807, 2.05) is 12.1 Å². The maximum absolute atomic E-state index is 12.6. The number of carbonyl (C=O) groups is 1. The number of primary amides is 1. The third-order valence-electron chi connectivity index (χ3n) is 3.42. The number of ether oxygens (including phenoxy) is 1. The van der Waals surface area contributed by atoms with E-state index in [2.05, 4.69) is 20.9 Å². The Bertz CT molecular complexity index is 969. The summed E-state index contributed by atoms with van der Waals surface area (Å²) in [6.45, 7) is 0.164. The van der Waals surface area contributed by atoms with E-state index in [-0.39, 0.29) is 12.2 Å². The molecule has 1 aromatic heterocycles. The standard InChI is InChI=1S/C17H14BrN3O3/c18-12-4-5-15-14(7-12)17(23)21(10-20-15)8-11-2-1-3-13(6-11)24-9-16(19)22/h1-7,10H,8-9H2,(H2,19,22). The molecule has 0 aliphatic heterocycles. The van der Waals surface area contributed by atoms with E-state index < -0.39 is 5.91 Å². The van der Waals surface area contributed by atoms with Gasteiger partial charge in [-0.05, 0) is 35.9 Å². The molecule has 0 aliphatic carbocycles. The first-order valence-electron chi connectivity index (χ1n) is 7.18. The number of rotatable bonds is 5. The number of halogens is 1. The van der Waals surface area contributed by atoms with Crippen molar-refractivity contribution in [1.29, 1.82) is 0 Å². The van der Waals surface area contributed by atoms with E-state index in [0.29, 0.717) is 23.2 Å². The lowest BCUT2D eigenvalue weighted by molar-refractivity contribution is -0.119. The smallest absolute Gasteiger partial charge is 0.261 e. The molecule has 0 bridgehead atoms. The van der Waals surface area contributed by atoms with E-state index in [4.69, 9.17) is 10.5 Å². The number of fused-ring (bicyclic) bond motifs is 1. The molecule has 3 rings (SSSR count). The van der Waals surface area contributed by atoms with Gasteiger partial charge < -0.3 is 10.5 Å². The van der Waals surface area contributed by atoms with Gasteiger partial charge in [0.25, 0.3) is 11.5 Å². The first kappa shape index (κ1) is 16.2. The lowest BCUT2D eigenvalue weighted by atomic mass is 10.2.